The van der Waals surface area contributed by atoms with E-state index in [9.17, 15) is 0 Å². The Bertz CT molecular complexity index is 1290. The Morgan fingerprint density at radius 2 is 1.56 bits per heavy atom. The van der Waals surface area contributed by atoms with Crippen LogP contribution in [0.25, 0.3) is 33.6 Å². The van der Waals surface area contributed by atoms with Crippen molar-refractivity contribution in [3.63, 3.8) is 0 Å². The van der Waals surface area contributed by atoms with Crippen molar-refractivity contribution in [2.45, 2.75) is 13.8 Å². The van der Waals surface area contributed by atoms with E-state index >= 15 is 0 Å². The molecule has 132 valence electrons. The molecule has 0 aliphatic heterocycles. The van der Waals surface area contributed by atoms with Gasteiger partial charge in [0.25, 0.3) is 5.82 Å². The summed E-state index contributed by atoms with van der Waals surface area (Å²) in [5.41, 5.74) is 7.01. The van der Waals surface area contributed by atoms with Gasteiger partial charge in [-0.1, -0.05) is 54.6 Å². The molecule has 0 bridgehead atoms. The van der Waals surface area contributed by atoms with E-state index in [1.165, 1.54) is 16.7 Å². The fourth-order valence-corrected chi connectivity index (χ4v) is 3.95. The highest BCUT2D eigenvalue weighted by atomic mass is 15.5. The molecular weight excluding hydrogens is 332 g/mol. The number of aryl methyl sites for hydroxylation is 1. The Labute approximate surface area is 157 Å². The molecule has 0 spiro atoms. The van der Waals surface area contributed by atoms with Crippen LogP contribution in [-0.4, -0.2) is 14.1 Å². The molecule has 0 radical (unpaired) electrons. The zero-order valence-electron chi connectivity index (χ0n) is 15.7. The van der Waals surface area contributed by atoms with Gasteiger partial charge in [-0.15, -0.1) is 4.68 Å². The molecule has 0 unspecified atom stereocenters. The highest BCUT2D eigenvalue weighted by molar-refractivity contribution is 5.80. The zero-order valence-corrected chi connectivity index (χ0v) is 15.7. The second kappa shape index (κ2) is 5.81. The first-order chi connectivity index (χ1) is 13.2. The Hall–Kier alpha value is -3.40. The molecular formula is C23H21N4+. The molecule has 0 N–H and O–H groups in total. The standard InChI is InChI=1S/C23H21N4/c1-16-19(18-10-5-4-6-11-18)12-9-15-21(16)27-23-24-20-13-7-8-14-22(20)26(23)17(2)25(27)3/h4-15H,1-3H3/q+1. The van der Waals surface area contributed by atoms with E-state index in [1.54, 1.807) is 0 Å². The fraction of sp³-hybridized carbons (Fsp3) is 0.130. The minimum Gasteiger partial charge on any atom is -0.185 e. The first-order valence-corrected chi connectivity index (χ1v) is 9.17. The van der Waals surface area contributed by atoms with Gasteiger partial charge in [-0.3, -0.25) is 0 Å². The van der Waals surface area contributed by atoms with Gasteiger partial charge in [0.1, 0.15) is 12.6 Å². The molecule has 5 rings (SSSR count). The number of benzene rings is 3. The molecule has 0 amide bonds. The summed E-state index contributed by atoms with van der Waals surface area (Å²) in [7, 11) is 2.09. The minimum atomic E-state index is 0.935. The monoisotopic (exact) mass is 353 g/mol. The molecule has 2 aromatic heterocycles. The lowest BCUT2D eigenvalue weighted by Gasteiger charge is -2.11. The number of fused-ring (bicyclic) bond motifs is 3. The highest BCUT2D eigenvalue weighted by Crippen LogP contribution is 2.28. The molecule has 5 aromatic rings. The predicted octanol–water partition coefficient (Wildman–Crippen LogP) is 4.39. The van der Waals surface area contributed by atoms with Crippen molar-refractivity contribution in [1.82, 2.24) is 14.1 Å². The largest absolute Gasteiger partial charge is 0.344 e. The van der Waals surface area contributed by atoms with Crippen LogP contribution in [0.15, 0.2) is 72.8 Å². The molecule has 0 saturated heterocycles. The number of aromatic nitrogens is 4. The lowest BCUT2D eigenvalue weighted by Crippen LogP contribution is -2.40. The van der Waals surface area contributed by atoms with E-state index in [2.05, 4.69) is 101 Å². The van der Waals surface area contributed by atoms with E-state index < -0.39 is 0 Å². The van der Waals surface area contributed by atoms with Crippen LogP contribution in [0.5, 0.6) is 0 Å². The summed E-state index contributed by atoms with van der Waals surface area (Å²) in [4.78, 5) is 4.92. The fourth-order valence-electron chi connectivity index (χ4n) is 3.95. The van der Waals surface area contributed by atoms with Crippen molar-refractivity contribution < 1.29 is 4.68 Å². The van der Waals surface area contributed by atoms with Crippen molar-refractivity contribution in [3.8, 4) is 16.8 Å². The molecule has 27 heavy (non-hydrogen) atoms. The van der Waals surface area contributed by atoms with Crippen LogP contribution in [0.1, 0.15) is 11.4 Å². The molecule has 4 nitrogen and oxygen atoms in total. The Kier molecular flexibility index (Phi) is 3.41. The smallest absolute Gasteiger partial charge is 0.185 e. The molecule has 2 heterocycles. The maximum Gasteiger partial charge on any atom is 0.344 e. The van der Waals surface area contributed by atoms with Gasteiger partial charge in [0.15, 0.2) is 5.52 Å². The summed E-state index contributed by atoms with van der Waals surface area (Å²) >= 11 is 0. The van der Waals surface area contributed by atoms with E-state index in [0.29, 0.717) is 0 Å². The van der Waals surface area contributed by atoms with Gasteiger partial charge in [-0.2, -0.15) is 14.1 Å². The summed E-state index contributed by atoms with van der Waals surface area (Å²) in [5.74, 6) is 2.08. The number of imidazole rings is 1. The Morgan fingerprint density at radius 1 is 0.815 bits per heavy atom. The van der Waals surface area contributed by atoms with Gasteiger partial charge in [-0.25, -0.2) is 0 Å². The van der Waals surface area contributed by atoms with Gasteiger partial charge < -0.3 is 0 Å². The molecule has 3 aromatic carbocycles. The number of hydrogen-bond donors (Lipinski definition) is 0. The normalized spacial score (nSPS) is 11.5. The zero-order chi connectivity index (χ0) is 18.5. The van der Waals surface area contributed by atoms with E-state index in [0.717, 1.165) is 28.3 Å². The average Bonchev–Trinajstić information content (AvgIpc) is 3.18. The number of hydrogen-bond acceptors (Lipinski definition) is 1. The third-order valence-electron chi connectivity index (χ3n) is 5.44. The number of rotatable bonds is 2. The topological polar surface area (TPSA) is 26.1 Å². The summed E-state index contributed by atoms with van der Waals surface area (Å²) in [6.07, 6.45) is 0. The third kappa shape index (κ3) is 2.23. The predicted molar refractivity (Wildman–Crippen MR) is 108 cm³/mol. The summed E-state index contributed by atoms with van der Waals surface area (Å²) < 4.78 is 6.60. The molecule has 0 fully saturated rings. The van der Waals surface area contributed by atoms with Crippen molar-refractivity contribution in [3.05, 3.63) is 84.2 Å². The summed E-state index contributed by atoms with van der Waals surface area (Å²) in [6.45, 7) is 4.32. The van der Waals surface area contributed by atoms with Crippen molar-refractivity contribution in [2.75, 3.05) is 0 Å². The highest BCUT2D eigenvalue weighted by Gasteiger charge is 2.26. The summed E-state index contributed by atoms with van der Waals surface area (Å²) in [5, 5.41) is 0. The molecule has 4 heteroatoms. The summed E-state index contributed by atoms with van der Waals surface area (Å²) in [6, 6.07) is 25.3. The van der Waals surface area contributed by atoms with Gasteiger partial charge in [0.2, 0.25) is 0 Å². The quantitative estimate of drug-likeness (QED) is 0.432. The maximum atomic E-state index is 4.92. The van der Waals surface area contributed by atoms with Crippen LogP contribution in [-0.2, 0) is 7.05 Å². The van der Waals surface area contributed by atoms with Gasteiger partial charge in [0.05, 0.1) is 5.69 Å². The van der Waals surface area contributed by atoms with Crippen LogP contribution in [0.4, 0.5) is 0 Å². The van der Waals surface area contributed by atoms with Crippen LogP contribution in [0.3, 0.4) is 0 Å². The van der Waals surface area contributed by atoms with Gasteiger partial charge in [0, 0.05) is 6.92 Å². The molecule has 0 aliphatic rings. The van der Waals surface area contributed by atoms with Gasteiger partial charge in [-0.05, 0) is 41.8 Å². The second-order valence-corrected chi connectivity index (χ2v) is 6.93. The molecule has 0 aliphatic carbocycles. The second-order valence-electron chi connectivity index (χ2n) is 6.93. The van der Waals surface area contributed by atoms with E-state index in [4.69, 9.17) is 4.98 Å². The van der Waals surface area contributed by atoms with Crippen molar-refractivity contribution in [2.24, 2.45) is 7.05 Å². The van der Waals surface area contributed by atoms with Gasteiger partial charge >= 0.3 is 5.78 Å². The Balaban J connectivity index is 1.84. The maximum absolute atomic E-state index is 4.92. The number of para-hydroxylation sites is 2. The van der Waals surface area contributed by atoms with Crippen molar-refractivity contribution >= 4 is 16.8 Å². The molecule has 0 atom stereocenters. The average molecular weight is 353 g/mol. The third-order valence-corrected chi connectivity index (χ3v) is 5.44. The molecule has 0 saturated carbocycles. The van der Waals surface area contributed by atoms with Crippen LogP contribution in [0, 0.1) is 13.8 Å². The Morgan fingerprint density at radius 3 is 2.37 bits per heavy atom. The first-order valence-electron chi connectivity index (χ1n) is 9.17. The SMILES string of the molecule is Cc1c(-c2ccccc2)cccc1-n1c2nc3ccccc3n2c(C)[n+]1C. The van der Waals surface area contributed by atoms with E-state index in [-0.39, 0.29) is 0 Å². The first kappa shape index (κ1) is 15.8. The van der Waals surface area contributed by atoms with E-state index in [1.807, 2.05) is 6.07 Å². The lowest BCUT2D eigenvalue weighted by atomic mass is 9.99. The van der Waals surface area contributed by atoms with Crippen LogP contribution in [0.2, 0.25) is 0 Å². The minimum absolute atomic E-state index is 0.935. The van der Waals surface area contributed by atoms with Crippen LogP contribution < -0.4 is 4.68 Å². The van der Waals surface area contributed by atoms with Crippen molar-refractivity contribution in [1.29, 1.82) is 0 Å². The van der Waals surface area contributed by atoms with Crippen LogP contribution >= 0.6 is 0 Å². The number of nitrogens with zero attached hydrogens (tertiary/aromatic N) is 4. The lowest BCUT2D eigenvalue weighted by molar-refractivity contribution is -0.749.